The van der Waals surface area contributed by atoms with Gasteiger partial charge in [-0.05, 0) is 0 Å². The number of rotatable bonds is 3. The molecule has 0 rings (SSSR count). The Morgan fingerprint density at radius 1 is 1.64 bits per heavy atom. The molecule has 0 amide bonds. The Balaban J connectivity index is 3.99. The van der Waals surface area contributed by atoms with Gasteiger partial charge in [-0.25, -0.2) is 9.18 Å². The third-order valence-electron chi connectivity index (χ3n) is 0.658. The summed E-state index contributed by atoms with van der Waals surface area (Å²) in [6.45, 7) is 1.57. The van der Waals surface area contributed by atoms with Crippen molar-refractivity contribution in [3.05, 3.63) is 12.2 Å². The maximum absolute atomic E-state index is 11.6. The molecule has 0 aromatic rings. The summed E-state index contributed by atoms with van der Waals surface area (Å²) in [5.74, 6) is -1.55. The van der Waals surface area contributed by atoms with Crippen molar-refractivity contribution in [1.82, 2.24) is 0 Å². The topological polar surface area (TPSA) is 26.3 Å². The number of esters is 1. The van der Waals surface area contributed by atoms with Gasteiger partial charge in [-0.15, -0.1) is 8.78 Å². The van der Waals surface area contributed by atoms with E-state index in [1.54, 1.807) is 0 Å². The van der Waals surface area contributed by atoms with E-state index in [-0.39, 0.29) is 0 Å². The second-order valence-corrected chi connectivity index (χ2v) is 2.01. The van der Waals surface area contributed by atoms with Crippen molar-refractivity contribution in [2.45, 2.75) is 5.57 Å². The number of hydrogen-bond acceptors (Lipinski definition) is 2. The van der Waals surface area contributed by atoms with Gasteiger partial charge in [0.1, 0.15) is 6.67 Å². The first-order valence-corrected chi connectivity index (χ1v) is 2.78. The SMILES string of the molecule is C=C(CF)C(=O)OC(F)(F)Cl. The lowest BCUT2D eigenvalue weighted by Crippen LogP contribution is -2.19. The minimum atomic E-state index is -4.10. The Morgan fingerprint density at radius 2 is 2.09 bits per heavy atom. The van der Waals surface area contributed by atoms with E-state index in [1.807, 2.05) is 0 Å². The lowest BCUT2D eigenvalue weighted by molar-refractivity contribution is -0.187. The largest absolute Gasteiger partial charge is 0.489 e. The average Bonchev–Trinajstić information content (AvgIpc) is 1.82. The molecule has 0 radical (unpaired) electrons. The second-order valence-electron chi connectivity index (χ2n) is 1.57. The van der Waals surface area contributed by atoms with Gasteiger partial charge >= 0.3 is 11.5 Å². The fourth-order valence-electron chi connectivity index (χ4n) is 0.232. The minimum Gasteiger partial charge on any atom is -0.384 e. The van der Waals surface area contributed by atoms with E-state index in [1.165, 1.54) is 0 Å². The lowest BCUT2D eigenvalue weighted by Gasteiger charge is -2.07. The summed E-state index contributed by atoms with van der Waals surface area (Å²) in [5, 5.41) is 0. The summed E-state index contributed by atoms with van der Waals surface area (Å²) >= 11 is 4.19. The molecule has 0 saturated carbocycles. The molecule has 0 aliphatic carbocycles. The van der Waals surface area contributed by atoms with Crippen LogP contribution in [-0.2, 0) is 9.53 Å². The van der Waals surface area contributed by atoms with Crippen LogP contribution in [0.1, 0.15) is 0 Å². The van der Waals surface area contributed by atoms with Gasteiger partial charge in [-0.2, -0.15) is 0 Å². The first kappa shape index (κ1) is 10.3. The molecule has 2 nitrogen and oxygen atoms in total. The Bertz CT molecular complexity index is 175. The lowest BCUT2D eigenvalue weighted by atomic mass is 10.3. The highest BCUT2D eigenvalue weighted by Crippen LogP contribution is 2.21. The van der Waals surface area contributed by atoms with Gasteiger partial charge in [0.05, 0.1) is 5.57 Å². The summed E-state index contributed by atoms with van der Waals surface area (Å²) in [5.41, 5.74) is -4.81. The highest BCUT2D eigenvalue weighted by molar-refractivity contribution is 6.21. The molecule has 0 spiro atoms. The third-order valence-corrected chi connectivity index (χ3v) is 0.736. The maximum atomic E-state index is 11.6. The van der Waals surface area contributed by atoms with Crippen LogP contribution < -0.4 is 0 Å². The summed E-state index contributed by atoms with van der Waals surface area (Å²) in [6.07, 6.45) is 0. The zero-order valence-electron chi connectivity index (χ0n) is 5.24. The van der Waals surface area contributed by atoms with Crippen molar-refractivity contribution in [1.29, 1.82) is 0 Å². The van der Waals surface area contributed by atoms with Gasteiger partial charge in [0.15, 0.2) is 0 Å². The van der Waals surface area contributed by atoms with Crippen LogP contribution in [0, 0.1) is 0 Å². The zero-order valence-corrected chi connectivity index (χ0v) is 6.00. The summed E-state index contributed by atoms with van der Waals surface area (Å²) < 4.78 is 38.0. The van der Waals surface area contributed by atoms with Crippen LogP contribution in [0.25, 0.3) is 0 Å². The van der Waals surface area contributed by atoms with E-state index in [2.05, 4.69) is 22.9 Å². The molecular formula is C5H4ClF3O2. The van der Waals surface area contributed by atoms with E-state index < -0.39 is 23.8 Å². The summed E-state index contributed by atoms with van der Waals surface area (Å²) in [6, 6.07) is 0. The number of hydrogen-bond donors (Lipinski definition) is 0. The highest BCUT2D eigenvalue weighted by Gasteiger charge is 2.31. The van der Waals surface area contributed by atoms with E-state index in [0.717, 1.165) is 0 Å². The first-order valence-electron chi connectivity index (χ1n) is 2.40. The minimum absolute atomic E-state index is 0.703. The second kappa shape index (κ2) is 3.61. The van der Waals surface area contributed by atoms with Crippen molar-refractivity contribution in [2.75, 3.05) is 6.67 Å². The Hall–Kier alpha value is -0.710. The van der Waals surface area contributed by atoms with Crippen LogP contribution >= 0.6 is 11.6 Å². The quantitative estimate of drug-likeness (QED) is 0.384. The molecule has 11 heavy (non-hydrogen) atoms. The smallest absolute Gasteiger partial charge is 0.384 e. The van der Waals surface area contributed by atoms with Crippen LogP contribution in [0.15, 0.2) is 12.2 Å². The van der Waals surface area contributed by atoms with Crippen LogP contribution in [-0.4, -0.2) is 18.2 Å². The van der Waals surface area contributed by atoms with Gasteiger partial charge < -0.3 is 4.74 Å². The van der Waals surface area contributed by atoms with E-state index in [4.69, 9.17) is 0 Å². The zero-order chi connectivity index (χ0) is 9.07. The molecular weight excluding hydrogens is 184 g/mol. The summed E-state index contributed by atoms with van der Waals surface area (Å²) in [7, 11) is 0. The molecule has 0 N–H and O–H groups in total. The van der Waals surface area contributed by atoms with Gasteiger partial charge in [-0.1, -0.05) is 6.58 Å². The number of halogens is 4. The molecule has 64 valence electrons. The fourth-order valence-corrected chi connectivity index (χ4v) is 0.302. The Labute approximate surface area is 65.6 Å². The van der Waals surface area contributed by atoms with Crippen molar-refractivity contribution in [2.24, 2.45) is 0 Å². The van der Waals surface area contributed by atoms with Gasteiger partial charge in [-0.3, -0.25) is 0 Å². The first-order chi connectivity index (χ1) is 4.87. The molecule has 0 bridgehead atoms. The van der Waals surface area contributed by atoms with E-state index >= 15 is 0 Å². The maximum Gasteiger partial charge on any atom is 0.489 e. The van der Waals surface area contributed by atoms with Crippen molar-refractivity contribution >= 4 is 17.6 Å². The predicted octanol–water partition coefficient (Wildman–Crippen LogP) is 1.84. The molecule has 6 heteroatoms. The summed E-state index contributed by atoms with van der Waals surface area (Å²) in [4.78, 5) is 10.3. The van der Waals surface area contributed by atoms with Crippen LogP contribution in [0.5, 0.6) is 0 Å². The van der Waals surface area contributed by atoms with Gasteiger partial charge in [0.25, 0.3) is 0 Å². The van der Waals surface area contributed by atoms with Crippen LogP contribution in [0.3, 0.4) is 0 Å². The molecule has 0 fully saturated rings. The monoisotopic (exact) mass is 188 g/mol. The number of alkyl halides is 4. The molecule has 0 aromatic carbocycles. The molecule has 0 aliphatic rings. The van der Waals surface area contributed by atoms with E-state index in [0.29, 0.717) is 0 Å². The van der Waals surface area contributed by atoms with E-state index in [9.17, 15) is 18.0 Å². The molecule has 0 aromatic heterocycles. The standard InChI is InChI=1S/C5H4ClF3O2/c1-3(2-7)4(10)11-5(6,8)9/h1-2H2. The van der Waals surface area contributed by atoms with Gasteiger partial charge in [0.2, 0.25) is 0 Å². The Morgan fingerprint density at radius 3 is 2.36 bits per heavy atom. The van der Waals surface area contributed by atoms with Gasteiger partial charge in [0, 0.05) is 11.6 Å². The number of ether oxygens (including phenoxy) is 1. The molecule has 0 unspecified atom stereocenters. The average molecular weight is 189 g/mol. The number of carbonyl (C=O) groups excluding carboxylic acids is 1. The fraction of sp³-hybridized carbons (Fsp3) is 0.400. The normalized spacial score (nSPS) is 10.9. The molecule has 0 saturated heterocycles. The molecule has 0 atom stereocenters. The molecule has 0 aliphatic heterocycles. The van der Waals surface area contributed by atoms with Crippen molar-refractivity contribution in [3.63, 3.8) is 0 Å². The highest BCUT2D eigenvalue weighted by atomic mass is 35.5. The third kappa shape index (κ3) is 4.66. The molecule has 0 heterocycles. The van der Waals surface area contributed by atoms with Crippen molar-refractivity contribution < 1.29 is 22.7 Å². The number of carbonyl (C=O) groups is 1. The van der Waals surface area contributed by atoms with Crippen molar-refractivity contribution in [3.8, 4) is 0 Å². The van der Waals surface area contributed by atoms with Crippen LogP contribution in [0.2, 0.25) is 0 Å². The Kier molecular flexibility index (Phi) is 3.38. The predicted molar refractivity (Wildman–Crippen MR) is 32.0 cm³/mol. The van der Waals surface area contributed by atoms with Crippen LogP contribution in [0.4, 0.5) is 13.2 Å².